The molecule has 0 amide bonds. The van der Waals surface area contributed by atoms with E-state index in [-0.39, 0.29) is 24.0 Å². The Morgan fingerprint density at radius 1 is 0.906 bits per heavy atom. The monoisotopic (exact) mass is 556 g/mol. The average molecular weight is 556 g/mol. The van der Waals surface area contributed by atoms with Crippen molar-refractivity contribution in [1.82, 2.24) is 15.5 Å². The Labute approximate surface area is 209 Å². The van der Waals surface area contributed by atoms with Gasteiger partial charge in [-0.3, -0.25) is 4.99 Å². The molecule has 0 aromatic heterocycles. The van der Waals surface area contributed by atoms with E-state index in [1.165, 1.54) is 0 Å². The molecule has 0 saturated heterocycles. The number of hydrogen-bond acceptors (Lipinski definition) is 5. The Hall–Kier alpha value is -2.04. The molecule has 2 aromatic rings. The number of aryl methyl sites for hydroxylation is 1. The van der Waals surface area contributed by atoms with Gasteiger partial charge < -0.3 is 29.7 Å². The first-order chi connectivity index (χ1) is 15.0. The van der Waals surface area contributed by atoms with Crippen molar-refractivity contribution < 1.29 is 14.2 Å². The largest absolute Gasteiger partial charge is 0.492 e. The number of likely N-dealkylation sites (N-methyl/N-ethyl adjacent to an activating group) is 1. The van der Waals surface area contributed by atoms with Crippen LogP contribution in [0.15, 0.2) is 47.5 Å². The van der Waals surface area contributed by atoms with Gasteiger partial charge >= 0.3 is 0 Å². The van der Waals surface area contributed by atoms with Gasteiger partial charge in [-0.05, 0) is 38.7 Å². The Morgan fingerprint density at radius 3 is 2.22 bits per heavy atom. The van der Waals surface area contributed by atoms with E-state index in [0.717, 1.165) is 34.7 Å². The summed E-state index contributed by atoms with van der Waals surface area (Å²) in [6, 6.07) is 14.3. The van der Waals surface area contributed by atoms with E-state index in [9.17, 15) is 0 Å². The number of aliphatic imine (C=N–C) groups is 1. The molecule has 178 valence electrons. The lowest BCUT2D eigenvalue weighted by molar-refractivity contribution is 0.145. The summed E-state index contributed by atoms with van der Waals surface area (Å²) in [7, 11) is 7.51. The van der Waals surface area contributed by atoms with Crippen LogP contribution in [0.2, 0.25) is 0 Å². The molecule has 0 fully saturated rings. The van der Waals surface area contributed by atoms with E-state index in [1.807, 2.05) is 38.4 Å². The normalized spacial score (nSPS) is 11.1. The molecule has 0 unspecified atom stereocenters. The molecule has 2 aromatic carbocycles. The van der Waals surface area contributed by atoms with Crippen LogP contribution in [0, 0.1) is 6.92 Å². The summed E-state index contributed by atoms with van der Waals surface area (Å²) in [6.07, 6.45) is 0. The van der Waals surface area contributed by atoms with Crippen LogP contribution in [0.1, 0.15) is 16.7 Å². The first kappa shape index (κ1) is 28.0. The molecule has 0 spiro atoms. The molecular weight excluding hydrogens is 519 g/mol. The number of rotatable bonds is 12. The maximum atomic E-state index is 5.95. The van der Waals surface area contributed by atoms with Crippen molar-refractivity contribution in [3.63, 3.8) is 0 Å². The number of hydrogen-bond donors (Lipinski definition) is 2. The number of nitrogens with one attached hydrogen (secondary N) is 2. The number of methoxy groups -OCH3 is 1. The molecule has 0 atom stereocenters. The fraction of sp³-hybridized carbons (Fsp3) is 0.458. The van der Waals surface area contributed by atoms with Crippen LogP contribution in [-0.4, -0.2) is 65.5 Å². The molecule has 0 radical (unpaired) electrons. The minimum absolute atomic E-state index is 0. The van der Waals surface area contributed by atoms with Crippen LogP contribution in [-0.2, 0) is 17.8 Å². The van der Waals surface area contributed by atoms with E-state index in [2.05, 4.69) is 45.6 Å². The van der Waals surface area contributed by atoms with E-state index in [1.54, 1.807) is 14.2 Å². The van der Waals surface area contributed by atoms with Crippen LogP contribution in [0.25, 0.3) is 0 Å². The fourth-order valence-corrected chi connectivity index (χ4v) is 2.88. The van der Waals surface area contributed by atoms with E-state index < -0.39 is 0 Å². The number of nitrogens with zero attached hydrogens (tertiary/aromatic N) is 2. The quantitative estimate of drug-likeness (QED) is 0.181. The number of para-hydroxylation sites is 1. The van der Waals surface area contributed by atoms with Crippen molar-refractivity contribution in [2.45, 2.75) is 20.0 Å². The van der Waals surface area contributed by atoms with Gasteiger partial charge in [0, 0.05) is 44.9 Å². The summed E-state index contributed by atoms with van der Waals surface area (Å²) in [5.74, 6) is 2.46. The smallest absolute Gasteiger partial charge is 0.191 e. The van der Waals surface area contributed by atoms with Gasteiger partial charge in [0.15, 0.2) is 5.96 Å². The first-order valence-electron chi connectivity index (χ1n) is 10.5. The first-order valence-corrected chi connectivity index (χ1v) is 10.5. The van der Waals surface area contributed by atoms with Gasteiger partial charge in [0.05, 0.1) is 6.61 Å². The molecule has 8 heteroatoms. The number of halogens is 1. The van der Waals surface area contributed by atoms with Crippen LogP contribution in [0.5, 0.6) is 11.5 Å². The summed E-state index contributed by atoms with van der Waals surface area (Å²) in [6.45, 7) is 5.86. The van der Waals surface area contributed by atoms with Gasteiger partial charge in [-0.2, -0.15) is 0 Å². The maximum Gasteiger partial charge on any atom is 0.191 e. The van der Waals surface area contributed by atoms with E-state index in [0.29, 0.717) is 38.9 Å². The highest BCUT2D eigenvalue weighted by Gasteiger charge is 2.08. The summed E-state index contributed by atoms with van der Waals surface area (Å²) < 4.78 is 16.9. The van der Waals surface area contributed by atoms with Crippen LogP contribution < -0.4 is 20.1 Å². The Kier molecular flexibility index (Phi) is 13.7. The zero-order valence-electron chi connectivity index (χ0n) is 19.8. The molecule has 32 heavy (non-hydrogen) atoms. The van der Waals surface area contributed by atoms with Gasteiger partial charge in [0.25, 0.3) is 0 Å². The molecule has 2 rings (SSSR count). The van der Waals surface area contributed by atoms with E-state index >= 15 is 0 Å². The van der Waals surface area contributed by atoms with Gasteiger partial charge in [-0.25, -0.2) is 0 Å². The molecule has 2 N–H and O–H groups in total. The van der Waals surface area contributed by atoms with Crippen LogP contribution in [0.3, 0.4) is 0 Å². The molecule has 0 aliphatic rings. The SMILES string of the molecule is CN=C(NCc1ccc(C)cc1OCCOC)NCc1ccccc1OCCN(C)C.I. The van der Waals surface area contributed by atoms with Crippen molar-refractivity contribution in [3.8, 4) is 11.5 Å². The highest BCUT2D eigenvalue weighted by Crippen LogP contribution is 2.20. The molecule has 0 heterocycles. The van der Waals surface area contributed by atoms with Crippen LogP contribution >= 0.6 is 24.0 Å². The second-order valence-corrected chi connectivity index (χ2v) is 7.49. The predicted molar refractivity (Wildman–Crippen MR) is 141 cm³/mol. The van der Waals surface area contributed by atoms with Gasteiger partial charge in [-0.1, -0.05) is 30.3 Å². The summed E-state index contributed by atoms with van der Waals surface area (Å²) >= 11 is 0. The molecular formula is C24H37IN4O3. The lowest BCUT2D eigenvalue weighted by atomic mass is 10.1. The fourth-order valence-electron chi connectivity index (χ4n) is 2.88. The van der Waals surface area contributed by atoms with Crippen molar-refractivity contribution in [2.75, 3.05) is 54.6 Å². The third-order valence-corrected chi connectivity index (χ3v) is 4.65. The molecule has 0 aliphatic carbocycles. The van der Waals surface area contributed by atoms with Crippen LogP contribution in [0.4, 0.5) is 0 Å². The van der Waals surface area contributed by atoms with Gasteiger partial charge in [0.2, 0.25) is 0 Å². The molecule has 0 bridgehead atoms. The third kappa shape index (κ3) is 10.1. The number of benzene rings is 2. The van der Waals surface area contributed by atoms with Crippen molar-refractivity contribution in [2.24, 2.45) is 4.99 Å². The Morgan fingerprint density at radius 2 is 1.56 bits per heavy atom. The minimum Gasteiger partial charge on any atom is -0.492 e. The topological polar surface area (TPSA) is 67.4 Å². The van der Waals surface area contributed by atoms with Crippen molar-refractivity contribution in [1.29, 1.82) is 0 Å². The average Bonchev–Trinajstić information content (AvgIpc) is 2.76. The standard InChI is InChI=1S/C24H36N4O3.HI/c1-19-10-11-21(23(16-19)31-15-14-29-5)18-27-24(25-2)26-17-20-8-6-7-9-22(20)30-13-12-28(3)4;/h6-11,16H,12-15,17-18H2,1-5H3,(H2,25,26,27);1H. The predicted octanol–water partition coefficient (Wildman–Crippen LogP) is 3.44. The zero-order valence-corrected chi connectivity index (χ0v) is 22.1. The lowest BCUT2D eigenvalue weighted by Gasteiger charge is -2.17. The second-order valence-electron chi connectivity index (χ2n) is 7.49. The number of ether oxygens (including phenoxy) is 3. The second kappa shape index (κ2) is 15.7. The summed E-state index contributed by atoms with van der Waals surface area (Å²) in [5, 5.41) is 6.73. The Balaban J connectivity index is 0.00000512. The highest BCUT2D eigenvalue weighted by molar-refractivity contribution is 14.0. The third-order valence-electron chi connectivity index (χ3n) is 4.65. The summed E-state index contributed by atoms with van der Waals surface area (Å²) in [4.78, 5) is 6.44. The minimum atomic E-state index is 0. The molecule has 0 aliphatic heterocycles. The Bertz CT molecular complexity index is 831. The maximum absolute atomic E-state index is 5.95. The van der Waals surface area contributed by atoms with Gasteiger partial charge in [-0.15, -0.1) is 24.0 Å². The molecule has 0 saturated carbocycles. The molecule has 7 nitrogen and oxygen atoms in total. The van der Waals surface area contributed by atoms with Crippen molar-refractivity contribution in [3.05, 3.63) is 59.2 Å². The van der Waals surface area contributed by atoms with Crippen molar-refractivity contribution >= 4 is 29.9 Å². The van der Waals surface area contributed by atoms with E-state index in [4.69, 9.17) is 14.2 Å². The summed E-state index contributed by atoms with van der Waals surface area (Å²) in [5.41, 5.74) is 3.31. The number of guanidine groups is 1. The lowest BCUT2D eigenvalue weighted by Crippen LogP contribution is -2.36. The van der Waals surface area contributed by atoms with Gasteiger partial charge in [0.1, 0.15) is 24.7 Å². The highest BCUT2D eigenvalue weighted by atomic mass is 127. The zero-order chi connectivity index (χ0) is 22.5.